The van der Waals surface area contributed by atoms with E-state index in [1.54, 1.807) is 22.9 Å². The van der Waals surface area contributed by atoms with Crippen LogP contribution in [-0.4, -0.2) is 20.1 Å². The number of halogens is 2. The van der Waals surface area contributed by atoms with Crippen LogP contribution in [0.2, 0.25) is 10.0 Å². The molecule has 0 amide bonds. The lowest BCUT2D eigenvalue weighted by molar-refractivity contribution is 0.212. The third-order valence-electron chi connectivity index (χ3n) is 3.13. The Morgan fingerprint density at radius 3 is 2.29 bits per heavy atom. The molecule has 0 spiro atoms. The van der Waals surface area contributed by atoms with Crippen molar-refractivity contribution >= 4 is 23.2 Å². The summed E-state index contributed by atoms with van der Waals surface area (Å²) in [6.45, 7) is 0. The van der Waals surface area contributed by atoms with Gasteiger partial charge in [-0.05, 0) is 24.3 Å². The third-order valence-corrected chi connectivity index (χ3v) is 3.79. The van der Waals surface area contributed by atoms with Gasteiger partial charge in [-0.15, -0.1) is 5.10 Å². The minimum absolute atomic E-state index is 0.399. The zero-order valence-corrected chi connectivity index (χ0v) is 12.3. The van der Waals surface area contributed by atoms with Crippen molar-refractivity contribution in [3.63, 3.8) is 0 Å². The van der Waals surface area contributed by atoms with Crippen LogP contribution in [0.1, 0.15) is 17.4 Å². The van der Waals surface area contributed by atoms with E-state index in [1.807, 2.05) is 30.3 Å². The molecule has 3 rings (SSSR count). The molecule has 21 heavy (non-hydrogen) atoms. The lowest BCUT2D eigenvalue weighted by Crippen LogP contribution is -2.09. The first-order valence-electron chi connectivity index (χ1n) is 6.26. The molecule has 0 aliphatic rings. The highest BCUT2D eigenvalue weighted by atomic mass is 35.5. The fourth-order valence-corrected chi connectivity index (χ4v) is 2.72. The maximum atomic E-state index is 10.6. The van der Waals surface area contributed by atoms with Gasteiger partial charge in [0.15, 0.2) is 0 Å². The molecular weight excluding hydrogens is 309 g/mol. The molecular formula is C15H11Cl2N3O. The van der Waals surface area contributed by atoms with Gasteiger partial charge in [-0.25, -0.2) is 4.68 Å². The van der Waals surface area contributed by atoms with Gasteiger partial charge < -0.3 is 5.11 Å². The number of aliphatic hydroxyl groups is 1. The zero-order valence-electron chi connectivity index (χ0n) is 10.8. The zero-order chi connectivity index (χ0) is 14.8. The van der Waals surface area contributed by atoms with Crippen LogP contribution >= 0.6 is 23.2 Å². The van der Waals surface area contributed by atoms with Gasteiger partial charge in [-0.3, -0.25) is 0 Å². The Labute approximate surface area is 131 Å². The molecule has 0 aliphatic carbocycles. The van der Waals surface area contributed by atoms with Crippen molar-refractivity contribution in [1.82, 2.24) is 15.0 Å². The lowest BCUT2D eigenvalue weighted by Gasteiger charge is -2.15. The van der Waals surface area contributed by atoms with Gasteiger partial charge in [0, 0.05) is 15.6 Å². The first-order valence-corrected chi connectivity index (χ1v) is 7.02. The summed E-state index contributed by atoms with van der Waals surface area (Å²) in [4.78, 5) is 0. The van der Waals surface area contributed by atoms with Crippen LogP contribution in [-0.2, 0) is 0 Å². The summed E-state index contributed by atoms with van der Waals surface area (Å²) in [5, 5.41) is 19.3. The van der Waals surface area contributed by atoms with E-state index in [0.29, 0.717) is 21.3 Å². The first-order chi connectivity index (χ1) is 10.2. The Bertz CT molecular complexity index is 738. The second kappa shape index (κ2) is 5.85. The predicted octanol–water partition coefficient (Wildman–Crippen LogP) is 3.66. The van der Waals surface area contributed by atoms with Gasteiger partial charge in [0.2, 0.25) is 0 Å². The quantitative estimate of drug-likeness (QED) is 0.801. The molecule has 1 aromatic heterocycles. The Morgan fingerprint density at radius 2 is 1.62 bits per heavy atom. The van der Waals surface area contributed by atoms with E-state index in [0.717, 1.165) is 5.69 Å². The summed E-state index contributed by atoms with van der Waals surface area (Å²) in [6, 6.07) is 14.5. The summed E-state index contributed by atoms with van der Waals surface area (Å²) in [5.41, 5.74) is 1.74. The predicted molar refractivity (Wildman–Crippen MR) is 81.9 cm³/mol. The lowest BCUT2D eigenvalue weighted by atomic mass is 10.1. The first kappa shape index (κ1) is 14.1. The monoisotopic (exact) mass is 319 g/mol. The van der Waals surface area contributed by atoms with Crippen molar-refractivity contribution in [2.45, 2.75) is 6.10 Å². The number of benzene rings is 2. The Kier molecular flexibility index (Phi) is 3.92. The summed E-state index contributed by atoms with van der Waals surface area (Å²) in [7, 11) is 0. The van der Waals surface area contributed by atoms with Crippen LogP contribution in [0.4, 0.5) is 0 Å². The minimum atomic E-state index is -1.01. The average Bonchev–Trinajstić information content (AvgIpc) is 2.97. The molecule has 0 fully saturated rings. The van der Waals surface area contributed by atoms with Crippen LogP contribution in [0, 0.1) is 0 Å². The number of para-hydroxylation sites is 1. The van der Waals surface area contributed by atoms with Crippen molar-refractivity contribution < 1.29 is 5.11 Å². The second-order valence-electron chi connectivity index (χ2n) is 4.44. The minimum Gasteiger partial charge on any atom is -0.382 e. The van der Waals surface area contributed by atoms with E-state index in [2.05, 4.69) is 10.3 Å². The maximum absolute atomic E-state index is 10.6. The molecule has 0 saturated carbocycles. The van der Waals surface area contributed by atoms with E-state index in [-0.39, 0.29) is 0 Å². The molecule has 0 saturated heterocycles. The fraction of sp³-hybridized carbons (Fsp3) is 0.0667. The molecule has 4 nitrogen and oxygen atoms in total. The van der Waals surface area contributed by atoms with Gasteiger partial charge in [-0.2, -0.15) is 0 Å². The molecule has 2 aromatic carbocycles. The Morgan fingerprint density at radius 1 is 0.952 bits per heavy atom. The molecule has 3 aromatic rings. The molecule has 1 atom stereocenters. The molecule has 0 aliphatic heterocycles. The maximum Gasteiger partial charge on any atom is 0.126 e. The number of hydrogen-bond donors (Lipinski definition) is 1. The van der Waals surface area contributed by atoms with E-state index < -0.39 is 6.10 Å². The molecule has 1 heterocycles. The molecule has 0 bridgehead atoms. The highest BCUT2D eigenvalue weighted by molar-refractivity contribution is 6.36. The van der Waals surface area contributed by atoms with Crippen molar-refractivity contribution in [3.05, 3.63) is 76.0 Å². The molecule has 1 N–H and O–H groups in total. The van der Waals surface area contributed by atoms with Crippen LogP contribution < -0.4 is 0 Å². The Balaban J connectivity index is 2.08. The molecule has 6 heteroatoms. The van der Waals surface area contributed by atoms with Crippen molar-refractivity contribution in [2.24, 2.45) is 0 Å². The number of aromatic nitrogens is 3. The number of rotatable bonds is 3. The summed E-state index contributed by atoms with van der Waals surface area (Å²) in [6.07, 6.45) is 0.485. The van der Waals surface area contributed by atoms with Gasteiger partial charge in [0.25, 0.3) is 0 Å². The van der Waals surface area contributed by atoms with Crippen molar-refractivity contribution in [1.29, 1.82) is 0 Å². The topological polar surface area (TPSA) is 50.9 Å². The van der Waals surface area contributed by atoms with Gasteiger partial charge >= 0.3 is 0 Å². The highest BCUT2D eigenvalue weighted by Crippen LogP contribution is 2.34. The van der Waals surface area contributed by atoms with E-state index in [1.165, 1.54) is 6.20 Å². The smallest absolute Gasteiger partial charge is 0.126 e. The molecule has 1 unspecified atom stereocenters. The van der Waals surface area contributed by atoms with Crippen molar-refractivity contribution in [3.8, 4) is 5.69 Å². The highest BCUT2D eigenvalue weighted by Gasteiger charge is 2.22. The largest absolute Gasteiger partial charge is 0.382 e. The summed E-state index contributed by atoms with van der Waals surface area (Å²) in [5.74, 6) is 0. The van der Waals surface area contributed by atoms with Crippen LogP contribution in [0.15, 0.2) is 54.7 Å². The fourth-order valence-electron chi connectivity index (χ4n) is 2.12. The third kappa shape index (κ3) is 2.65. The van der Waals surface area contributed by atoms with Gasteiger partial charge in [0.05, 0.1) is 17.6 Å². The van der Waals surface area contributed by atoms with E-state index >= 15 is 0 Å². The van der Waals surface area contributed by atoms with Gasteiger partial charge in [0.1, 0.15) is 6.10 Å². The van der Waals surface area contributed by atoms with Crippen LogP contribution in [0.5, 0.6) is 0 Å². The van der Waals surface area contributed by atoms with E-state index in [4.69, 9.17) is 23.2 Å². The number of aliphatic hydroxyl groups excluding tert-OH is 1. The van der Waals surface area contributed by atoms with E-state index in [9.17, 15) is 5.11 Å². The van der Waals surface area contributed by atoms with Gasteiger partial charge in [-0.1, -0.05) is 52.7 Å². The normalized spacial score (nSPS) is 12.3. The number of nitrogens with zero attached hydrogens (tertiary/aromatic N) is 3. The summed E-state index contributed by atoms with van der Waals surface area (Å²) < 4.78 is 1.56. The summed E-state index contributed by atoms with van der Waals surface area (Å²) >= 11 is 12.3. The van der Waals surface area contributed by atoms with Crippen LogP contribution in [0.25, 0.3) is 5.69 Å². The van der Waals surface area contributed by atoms with Crippen LogP contribution in [0.3, 0.4) is 0 Å². The van der Waals surface area contributed by atoms with Crippen molar-refractivity contribution in [2.75, 3.05) is 0 Å². The molecule has 106 valence electrons. The Hall–Kier alpha value is -1.88. The SMILES string of the molecule is OC(c1c(Cl)cccc1Cl)c1cnnn1-c1ccccc1. The number of hydrogen-bond acceptors (Lipinski definition) is 3. The molecule has 0 radical (unpaired) electrons. The average molecular weight is 320 g/mol. The standard InChI is InChI=1S/C15H11Cl2N3O/c16-11-7-4-8-12(17)14(11)15(21)13-9-18-19-20(13)10-5-2-1-3-6-10/h1-9,15,21H. The second-order valence-corrected chi connectivity index (χ2v) is 5.26.